The predicted octanol–water partition coefficient (Wildman–Crippen LogP) is 2.05. The minimum Gasteiger partial charge on any atom is -0.353 e. The molecular weight excluding hydrogens is 178 g/mol. The summed E-state index contributed by atoms with van der Waals surface area (Å²) in [5.74, 6) is 0. The van der Waals surface area contributed by atoms with Gasteiger partial charge in [0, 0.05) is 19.3 Å². The lowest BCUT2D eigenvalue weighted by atomic mass is 10.1. The Hall–Kier alpha value is -0.120. The number of nitrogens with two attached hydrogens (primary N) is 1. The highest BCUT2D eigenvalue weighted by Gasteiger charge is 2.13. The summed E-state index contributed by atoms with van der Waals surface area (Å²) in [6.07, 6.45) is 6.90. The highest BCUT2D eigenvalue weighted by Crippen LogP contribution is 2.14. The molecule has 2 N–H and O–H groups in total. The summed E-state index contributed by atoms with van der Waals surface area (Å²) < 4.78 is 11.1. The summed E-state index contributed by atoms with van der Waals surface area (Å²) in [6, 6.07) is 0.320. The summed E-state index contributed by atoms with van der Waals surface area (Å²) in [7, 11) is 0. The largest absolute Gasteiger partial charge is 0.353 e. The second kappa shape index (κ2) is 7.21. The zero-order valence-electron chi connectivity index (χ0n) is 9.21. The van der Waals surface area contributed by atoms with Crippen LogP contribution in [0, 0.1) is 0 Å². The standard InChI is InChI=1S/C11H23NO2/c1-10(12)6-2-4-8-13-11-7-3-5-9-14-11/h10-11H,2-9,12H2,1H3/t10-,11?/m0/s1. The van der Waals surface area contributed by atoms with Crippen molar-refractivity contribution in [2.24, 2.45) is 5.73 Å². The lowest BCUT2D eigenvalue weighted by molar-refractivity contribution is -0.162. The van der Waals surface area contributed by atoms with E-state index in [0.717, 1.165) is 38.9 Å². The first-order valence-corrected chi connectivity index (χ1v) is 5.78. The predicted molar refractivity (Wildman–Crippen MR) is 57.0 cm³/mol. The van der Waals surface area contributed by atoms with Gasteiger partial charge in [0.15, 0.2) is 6.29 Å². The SMILES string of the molecule is C[C@H](N)CCCCOC1CCCCO1. The molecule has 0 aliphatic carbocycles. The van der Waals surface area contributed by atoms with E-state index in [9.17, 15) is 0 Å². The zero-order valence-corrected chi connectivity index (χ0v) is 9.21. The molecule has 0 aromatic rings. The van der Waals surface area contributed by atoms with Gasteiger partial charge in [-0.1, -0.05) is 0 Å². The fourth-order valence-corrected chi connectivity index (χ4v) is 1.63. The molecule has 84 valence electrons. The van der Waals surface area contributed by atoms with E-state index in [1.54, 1.807) is 0 Å². The molecule has 0 amide bonds. The molecule has 0 aromatic heterocycles. The Balaban J connectivity index is 1.87. The van der Waals surface area contributed by atoms with Crippen molar-refractivity contribution < 1.29 is 9.47 Å². The molecule has 3 heteroatoms. The van der Waals surface area contributed by atoms with Crippen LogP contribution >= 0.6 is 0 Å². The number of ether oxygens (including phenoxy) is 2. The molecule has 14 heavy (non-hydrogen) atoms. The van der Waals surface area contributed by atoms with Gasteiger partial charge in [-0.3, -0.25) is 0 Å². The maximum Gasteiger partial charge on any atom is 0.157 e. The van der Waals surface area contributed by atoms with Crippen LogP contribution in [0.5, 0.6) is 0 Å². The van der Waals surface area contributed by atoms with Crippen LogP contribution in [0.25, 0.3) is 0 Å². The van der Waals surface area contributed by atoms with Crippen LogP contribution in [0.2, 0.25) is 0 Å². The fraction of sp³-hybridized carbons (Fsp3) is 1.00. The summed E-state index contributed by atoms with van der Waals surface area (Å²) >= 11 is 0. The smallest absolute Gasteiger partial charge is 0.157 e. The highest BCUT2D eigenvalue weighted by atomic mass is 16.7. The molecule has 1 heterocycles. The Morgan fingerprint density at radius 1 is 1.43 bits per heavy atom. The molecule has 1 saturated heterocycles. The summed E-state index contributed by atoms with van der Waals surface area (Å²) in [5, 5.41) is 0. The van der Waals surface area contributed by atoms with Crippen molar-refractivity contribution in [1.29, 1.82) is 0 Å². The normalized spacial score (nSPS) is 24.9. The quantitative estimate of drug-likeness (QED) is 0.669. The first-order chi connectivity index (χ1) is 6.79. The monoisotopic (exact) mass is 201 g/mol. The van der Waals surface area contributed by atoms with E-state index in [1.807, 2.05) is 6.92 Å². The van der Waals surface area contributed by atoms with Crippen LogP contribution in [-0.2, 0) is 9.47 Å². The molecule has 0 spiro atoms. The van der Waals surface area contributed by atoms with Crippen molar-refractivity contribution in [2.75, 3.05) is 13.2 Å². The molecule has 1 rings (SSSR count). The third-order valence-electron chi connectivity index (χ3n) is 2.50. The van der Waals surface area contributed by atoms with Gasteiger partial charge in [-0.2, -0.15) is 0 Å². The molecule has 1 aliphatic rings. The Bertz CT molecular complexity index is 133. The van der Waals surface area contributed by atoms with Gasteiger partial charge in [0.2, 0.25) is 0 Å². The van der Waals surface area contributed by atoms with Crippen molar-refractivity contribution in [1.82, 2.24) is 0 Å². The molecule has 0 bridgehead atoms. The molecule has 0 saturated carbocycles. The van der Waals surface area contributed by atoms with Crippen LogP contribution in [-0.4, -0.2) is 25.5 Å². The van der Waals surface area contributed by atoms with Crippen molar-refractivity contribution in [3.05, 3.63) is 0 Å². The minimum atomic E-state index is 0.0686. The molecule has 0 aromatic carbocycles. The van der Waals surface area contributed by atoms with Gasteiger partial charge in [0.1, 0.15) is 0 Å². The van der Waals surface area contributed by atoms with Crippen molar-refractivity contribution >= 4 is 0 Å². The summed E-state index contributed by atoms with van der Waals surface area (Å²) in [5.41, 5.74) is 5.65. The van der Waals surface area contributed by atoms with Crippen molar-refractivity contribution in [2.45, 2.75) is 57.8 Å². The maximum absolute atomic E-state index is 5.65. The van der Waals surface area contributed by atoms with Crippen LogP contribution in [0.3, 0.4) is 0 Å². The Morgan fingerprint density at radius 3 is 2.93 bits per heavy atom. The molecule has 1 fully saturated rings. The average molecular weight is 201 g/mol. The minimum absolute atomic E-state index is 0.0686. The van der Waals surface area contributed by atoms with Gasteiger partial charge in [-0.25, -0.2) is 0 Å². The molecule has 1 unspecified atom stereocenters. The van der Waals surface area contributed by atoms with E-state index < -0.39 is 0 Å². The van der Waals surface area contributed by atoms with Crippen LogP contribution in [0.4, 0.5) is 0 Å². The van der Waals surface area contributed by atoms with Gasteiger partial charge in [-0.05, 0) is 45.4 Å². The molecule has 0 radical (unpaired) electrons. The van der Waals surface area contributed by atoms with Gasteiger partial charge >= 0.3 is 0 Å². The topological polar surface area (TPSA) is 44.5 Å². The average Bonchev–Trinajstić information content (AvgIpc) is 2.18. The first-order valence-electron chi connectivity index (χ1n) is 5.78. The number of hydrogen-bond donors (Lipinski definition) is 1. The van der Waals surface area contributed by atoms with E-state index >= 15 is 0 Å². The van der Waals surface area contributed by atoms with Gasteiger partial charge < -0.3 is 15.2 Å². The summed E-state index contributed by atoms with van der Waals surface area (Å²) in [4.78, 5) is 0. The zero-order chi connectivity index (χ0) is 10.2. The molecule has 2 atom stereocenters. The Morgan fingerprint density at radius 2 is 2.29 bits per heavy atom. The second-order valence-corrected chi connectivity index (χ2v) is 4.14. The number of unbranched alkanes of at least 4 members (excludes halogenated alkanes) is 1. The van der Waals surface area contributed by atoms with Crippen LogP contribution in [0.15, 0.2) is 0 Å². The maximum atomic E-state index is 5.65. The van der Waals surface area contributed by atoms with Gasteiger partial charge in [0.25, 0.3) is 0 Å². The van der Waals surface area contributed by atoms with Crippen LogP contribution in [0.1, 0.15) is 45.4 Å². The van der Waals surface area contributed by atoms with Gasteiger partial charge in [0.05, 0.1) is 0 Å². The van der Waals surface area contributed by atoms with Crippen molar-refractivity contribution in [3.8, 4) is 0 Å². The van der Waals surface area contributed by atoms with E-state index in [-0.39, 0.29) is 6.29 Å². The van der Waals surface area contributed by atoms with Crippen LogP contribution < -0.4 is 5.73 Å². The second-order valence-electron chi connectivity index (χ2n) is 4.14. The number of hydrogen-bond acceptors (Lipinski definition) is 3. The summed E-state index contributed by atoms with van der Waals surface area (Å²) in [6.45, 7) is 3.73. The molecule has 1 aliphatic heterocycles. The van der Waals surface area contributed by atoms with Gasteiger partial charge in [-0.15, -0.1) is 0 Å². The van der Waals surface area contributed by atoms with E-state index in [4.69, 9.17) is 15.2 Å². The highest BCUT2D eigenvalue weighted by molar-refractivity contribution is 4.55. The lowest BCUT2D eigenvalue weighted by Crippen LogP contribution is -2.22. The Labute approximate surface area is 86.9 Å². The fourth-order valence-electron chi connectivity index (χ4n) is 1.63. The third kappa shape index (κ3) is 5.58. The van der Waals surface area contributed by atoms with E-state index in [2.05, 4.69) is 0 Å². The first kappa shape index (κ1) is 12.0. The number of rotatable bonds is 6. The molecular formula is C11H23NO2. The van der Waals surface area contributed by atoms with Crippen molar-refractivity contribution in [3.63, 3.8) is 0 Å². The third-order valence-corrected chi connectivity index (χ3v) is 2.50. The van der Waals surface area contributed by atoms with E-state index in [0.29, 0.717) is 6.04 Å². The Kier molecular flexibility index (Phi) is 6.15. The van der Waals surface area contributed by atoms with E-state index in [1.165, 1.54) is 12.8 Å². The lowest BCUT2D eigenvalue weighted by Gasteiger charge is -2.22. The molecule has 3 nitrogen and oxygen atoms in total.